The molecule has 4 nitrogen and oxygen atoms in total. The summed E-state index contributed by atoms with van der Waals surface area (Å²) in [5, 5.41) is 4.53. The van der Waals surface area contributed by atoms with Crippen molar-refractivity contribution < 1.29 is 4.74 Å². The maximum atomic E-state index is 5.87. The minimum atomic E-state index is 0.601. The standard InChI is InChI=1S/C14H19N3O/c1-5-18-14-8-12(6-7-13(14)15)17-11(4)9(2)10(3)16-17/h6-8H,5,15H2,1-4H3. The fourth-order valence-corrected chi connectivity index (χ4v) is 1.91. The highest BCUT2D eigenvalue weighted by Gasteiger charge is 2.10. The number of nitrogens with two attached hydrogens (primary N) is 1. The van der Waals surface area contributed by atoms with Crippen LogP contribution in [0.1, 0.15) is 23.9 Å². The Kier molecular flexibility index (Phi) is 3.28. The maximum Gasteiger partial charge on any atom is 0.144 e. The lowest BCUT2D eigenvalue weighted by Crippen LogP contribution is -2.02. The van der Waals surface area contributed by atoms with Crippen LogP contribution in [0, 0.1) is 20.8 Å². The first-order valence-corrected chi connectivity index (χ1v) is 6.10. The number of aromatic nitrogens is 2. The van der Waals surface area contributed by atoms with Gasteiger partial charge in [0, 0.05) is 11.8 Å². The third-order valence-electron chi connectivity index (χ3n) is 3.19. The van der Waals surface area contributed by atoms with E-state index in [-0.39, 0.29) is 0 Å². The molecule has 0 spiro atoms. The Bertz CT molecular complexity index is 573. The largest absolute Gasteiger partial charge is 0.492 e. The second kappa shape index (κ2) is 4.72. The number of nitrogen functional groups attached to an aromatic ring is 1. The van der Waals surface area contributed by atoms with Gasteiger partial charge < -0.3 is 10.5 Å². The van der Waals surface area contributed by atoms with Gasteiger partial charge >= 0.3 is 0 Å². The Hall–Kier alpha value is -1.97. The first-order chi connectivity index (χ1) is 8.54. The molecule has 0 unspecified atom stereocenters. The smallest absolute Gasteiger partial charge is 0.144 e. The van der Waals surface area contributed by atoms with Crippen molar-refractivity contribution >= 4 is 5.69 Å². The molecule has 0 saturated carbocycles. The molecule has 1 heterocycles. The van der Waals surface area contributed by atoms with E-state index in [9.17, 15) is 0 Å². The fourth-order valence-electron chi connectivity index (χ4n) is 1.91. The predicted octanol–water partition coefficient (Wildman–Crippen LogP) is 2.78. The van der Waals surface area contributed by atoms with Crippen molar-refractivity contribution in [2.45, 2.75) is 27.7 Å². The van der Waals surface area contributed by atoms with Gasteiger partial charge in [0.15, 0.2) is 0 Å². The molecule has 0 bridgehead atoms. The summed E-state index contributed by atoms with van der Waals surface area (Å²) in [4.78, 5) is 0. The molecule has 0 atom stereocenters. The zero-order valence-corrected chi connectivity index (χ0v) is 11.3. The molecular formula is C14H19N3O. The van der Waals surface area contributed by atoms with E-state index in [0.29, 0.717) is 18.0 Å². The van der Waals surface area contributed by atoms with Crippen LogP contribution in [-0.4, -0.2) is 16.4 Å². The van der Waals surface area contributed by atoms with Crippen LogP contribution in [-0.2, 0) is 0 Å². The molecule has 18 heavy (non-hydrogen) atoms. The van der Waals surface area contributed by atoms with E-state index in [2.05, 4.69) is 18.9 Å². The van der Waals surface area contributed by atoms with E-state index >= 15 is 0 Å². The Morgan fingerprint density at radius 3 is 2.56 bits per heavy atom. The number of anilines is 1. The van der Waals surface area contributed by atoms with Gasteiger partial charge in [0.05, 0.1) is 23.7 Å². The highest BCUT2D eigenvalue weighted by Crippen LogP contribution is 2.26. The van der Waals surface area contributed by atoms with Gasteiger partial charge in [-0.25, -0.2) is 4.68 Å². The molecule has 1 aromatic carbocycles. The summed E-state index contributed by atoms with van der Waals surface area (Å²) >= 11 is 0. The molecule has 2 rings (SSSR count). The second-order valence-corrected chi connectivity index (χ2v) is 4.36. The highest BCUT2D eigenvalue weighted by molar-refractivity contribution is 5.57. The van der Waals surface area contributed by atoms with Gasteiger partial charge in [-0.1, -0.05) is 0 Å². The molecule has 0 amide bonds. The number of ether oxygens (including phenoxy) is 1. The van der Waals surface area contributed by atoms with E-state index in [4.69, 9.17) is 10.5 Å². The van der Waals surface area contributed by atoms with Crippen LogP contribution < -0.4 is 10.5 Å². The van der Waals surface area contributed by atoms with Crippen LogP contribution in [0.3, 0.4) is 0 Å². The predicted molar refractivity (Wildman–Crippen MR) is 73.4 cm³/mol. The quantitative estimate of drug-likeness (QED) is 0.846. The van der Waals surface area contributed by atoms with Crippen molar-refractivity contribution in [3.63, 3.8) is 0 Å². The van der Waals surface area contributed by atoms with Gasteiger partial charge in [-0.15, -0.1) is 0 Å². The van der Waals surface area contributed by atoms with Crippen LogP contribution in [0.5, 0.6) is 5.75 Å². The van der Waals surface area contributed by atoms with Crippen molar-refractivity contribution in [2.24, 2.45) is 0 Å². The van der Waals surface area contributed by atoms with Crippen LogP contribution in [0.4, 0.5) is 5.69 Å². The van der Waals surface area contributed by atoms with Crippen molar-refractivity contribution in [1.82, 2.24) is 9.78 Å². The summed E-state index contributed by atoms with van der Waals surface area (Å²) < 4.78 is 7.43. The average molecular weight is 245 g/mol. The topological polar surface area (TPSA) is 53.1 Å². The van der Waals surface area contributed by atoms with E-state index < -0.39 is 0 Å². The summed E-state index contributed by atoms with van der Waals surface area (Å²) in [5.41, 5.74) is 10.9. The van der Waals surface area contributed by atoms with E-state index in [1.807, 2.05) is 36.7 Å². The van der Waals surface area contributed by atoms with Crippen molar-refractivity contribution in [3.8, 4) is 11.4 Å². The first-order valence-electron chi connectivity index (χ1n) is 6.10. The fraction of sp³-hybridized carbons (Fsp3) is 0.357. The Morgan fingerprint density at radius 2 is 2.00 bits per heavy atom. The average Bonchev–Trinajstić information content (AvgIpc) is 2.60. The monoisotopic (exact) mass is 245 g/mol. The molecule has 4 heteroatoms. The summed E-state index contributed by atoms with van der Waals surface area (Å²) in [6, 6.07) is 5.74. The van der Waals surface area contributed by atoms with Gasteiger partial charge in [-0.05, 0) is 45.4 Å². The first kappa shape index (κ1) is 12.5. The van der Waals surface area contributed by atoms with Gasteiger partial charge in [0.2, 0.25) is 0 Å². The summed E-state index contributed by atoms with van der Waals surface area (Å²) in [6.07, 6.45) is 0. The normalized spacial score (nSPS) is 10.7. The van der Waals surface area contributed by atoms with E-state index in [1.54, 1.807) is 0 Å². The zero-order chi connectivity index (χ0) is 13.3. The molecule has 2 N–H and O–H groups in total. The Labute approximate surface area is 107 Å². The molecule has 0 saturated heterocycles. The molecule has 0 aliphatic carbocycles. The molecule has 1 aromatic heterocycles. The van der Waals surface area contributed by atoms with Crippen molar-refractivity contribution in [3.05, 3.63) is 35.2 Å². The number of nitrogens with zero attached hydrogens (tertiary/aromatic N) is 2. The molecular weight excluding hydrogens is 226 g/mol. The van der Waals surface area contributed by atoms with Crippen molar-refractivity contribution in [2.75, 3.05) is 12.3 Å². The lowest BCUT2D eigenvalue weighted by Gasteiger charge is -2.10. The Balaban J connectivity index is 2.50. The zero-order valence-electron chi connectivity index (χ0n) is 11.3. The van der Waals surface area contributed by atoms with Crippen LogP contribution >= 0.6 is 0 Å². The van der Waals surface area contributed by atoms with Crippen LogP contribution in [0.15, 0.2) is 18.2 Å². The molecule has 2 aromatic rings. The van der Waals surface area contributed by atoms with E-state index in [1.165, 1.54) is 5.56 Å². The van der Waals surface area contributed by atoms with Gasteiger partial charge in [-0.2, -0.15) is 5.10 Å². The second-order valence-electron chi connectivity index (χ2n) is 4.36. The molecule has 0 radical (unpaired) electrons. The summed E-state index contributed by atoms with van der Waals surface area (Å²) in [7, 11) is 0. The lowest BCUT2D eigenvalue weighted by molar-refractivity contribution is 0.342. The third-order valence-corrected chi connectivity index (χ3v) is 3.19. The van der Waals surface area contributed by atoms with Crippen LogP contribution in [0.25, 0.3) is 5.69 Å². The molecule has 0 aliphatic rings. The Morgan fingerprint density at radius 1 is 1.28 bits per heavy atom. The third kappa shape index (κ3) is 2.06. The number of hydrogen-bond acceptors (Lipinski definition) is 3. The number of rotatable bonds is 3. The minimum absolute atomic E-state index is 0.601. The van der Waals surface area contributed by atoms with Crippen molar-refractivity contribution in [1.29, 1.82) is 0 Å². The van der Waals surface area contributed by atoms with Gasteiger partial charge in [-0.3, -0.25) is 0 Å². The minimum Gasteiger partial charge on any atom is -0.492 e. The molecule has 96 valence electrons. The number of hydrogen-bond donors (Lipinski definition) is 1. The van der Waals surface area contributed by atoms with Crippen LogP contribution in [0.2, 0.25) is 0 Å². The number of benzene rings is 1. The lowest BCUT2D eigenvalue weighted by atomic mass is 10.2. The van der Waals surface area contributed by atoms with Gasteiger partial charge in [0.25, 0.3) is 0 Å². The maximum absolute atomic E-state index is 5.87. The number of aryl methyl sites for hydroxylation is 1. The summed E-state index contributed by atoms with van der Waals surface area (Å²) in [6.45, 7) is 8.70. The summed E-state index contributed by atoms with van der Waals surface area (Å²) in [5.74, 6) is 0.709. The molecule has 0 aliphatic heterocycles. The van der Waals surface area contributed by atoms with Gasteiger partial charge in [0.1, 0.15) is 5.75 Å². The SMILES string of the molecule is CCOc1cc(-n2nc(C)c(C)c2C)ccc1N. The highest BCUT2D eigenvalue weighted by atomic mass is 16.5. The van der Waals surface area contributed by atoms with E-state index in [0.717, 1.165) is 17.1 Å². The molecule has 0 fully saturated rings.